The third kappa shape index (κ3) is 3.91. The van der Waals surface area contributed by atoms with E-state index in [0.717, 1.165) is 0 Å². The van der Waals surface area contributed by atoms with Gasteiger partial charge in [-0.25, -0.2) is 0 Å². The van der Waals surface area contributed by atoms with Crippen molar-refractivity contribution in [2.45, 2.75) is 12.0 Å². The quantitative estimate of drug-likeness (QED) is 0.674. The zero-order valence-electron chi connectivity index (χ0n) is 15.1. The highest BCUT2D eigenvalue weighted by Gasteiger charge is 2.36. The topological polar surface area (TPSA) is 70.8 Å². The normalized spacial score (nSPS) is 19.8. The first-order chi connectivity index (χ1) is 12.9. The van der Waals surface area contributed by atoms with Crippen LogP contribution in [0.3, 0.4) is 0 Å². The van der Waals surface area contributed by atoms with Gasteiger partial charge in [0.2, 0.25) is 0 Å². The standard InChI is InChI=1S/C22H19NO4/c1-23(2)21(25)18-10-4-3-7-16(18)8-5-12-22(26)13-11-20(24)19(22)15-17-9-6-14-27-17/h3-4,6-7,9-11,13-15,26H,12H2,1-2H3/b19-15-. The minimum absolute atomic E-state index is 0.0201. The third-order valence-electron chi connectivity index (χ3n) is 4.22. The monoisotopic (exact) mass is 361 g/mol. The molecule has 0 bridgehead atoms. The molecule has 0 aliphatic heterocycles. The summed E-state index contributed by atoms with van der Waals surface area (Å²) in [5, 5.41) is 10.9. The van der Waals surface area contributed by atoms with Crippen LogP contribution < -0.4 is 0 Å². The van der Waals surface area contributed by atoms with E-state index in [1.807, 2.05) is 0 Å². The van der Waals surface area contributed by atoms with Gasteiger partial charge in [-0.15, -0.1) is 0 Å². The molecule has 1 N–H and O–H groups in total. The molecule has 1 aliphatic carbocycles. The molecule has 5 nitrogen and oxygen atoms in total. The molecule has 1 unspecified atom stereocenters. The minimum atomic E-state index is -1.49. The average Bonchev–Trinajstić information content (AvgIpc) is 3.26. The summed E-state index contributed by atoms with van der Waals surface area (Å²) in [6.07, 6.45) is 5.81. The molecule has 3 rings (SSSR count). The molecule has 1 aliphatic rings. The van der Waals surface area contributed by atoms with Crippen molar-refractivity contribution in [3.63, 3.8) is 0 Å². The molecule has 27 heavy (non-hydrogen) atoms. The molecule has 0 radical (unpaired) electrons. The molecule has 1 atom stereocenters. The van der Waals surface area contributed by atoms with E-state index in [9.17, 15) is 14.7 Å². The fourth-order valence-electron chi connectivity index (χ4n) is 2.77. The van der Waals surface area contributed by atoms with Crippen molar-refractivity contribution in [1.29, 1.82) is 0 Å². The summed E-state index contributed by atoms with van der Waals surface area (Å²) in [7, 11) is 3.35. The molecule has 1 amide bonds. The number of carbonyl (C=O) groups is 2. The van der Waals surface area contributed by atoms with Crippen molar-refractivity contribution in [3.05, 3.63) is 77.3 Å². The Balaban J connectivity index is 1.86. The number of allylic oxidation sites excluding steroid dienone is 1. The number of hydrogen-bond acceptors (Lipinski definition) is 4. The zero-order chi connectivity index (χ0) is 19.4. The zero-order valence-corrected chi connectivity index (χ0v) is 15.1. The van der Waals surface area contributed by atoms with Crippen LogP contribution in [0.5, 0.6) is 0 Å². The van der Waals surface area contributed by atoms with Crippen molar-refractivity contribution >= 4 is 17.8 Å². The second kappa shape index (κ2) is 7.48. The molecule has 0 spiro atoms. The van der Waals surface area contributed by atoms with Crippen LogP contribution in [0.15, 0.2) is 64.8 Å². The number of nitrogens with zero attached hydrogens (tertiary/aromatic N) is 1. The molecular formula is C22H19NO4. The van der Waals surface area contributed by atoms with Crippen molar-refractivity contribution in [1.82, 2.24) is 4.90 Å². The van der Waals surface area contributed by atoms with Gasteiger partial charge in [0.05, 0.1) is 11.8 Å². The van der Waals surface area contributed by atoms with Gasteiger partial charge in [0.1, 0.15) is 11.4 Å². The van der Waals surface area contributed by atoms with Crippen LogP contribution in [0.1, 0.15) is 28.1 Å². The fourth-order valence-corrected chi connectivity index (χ4v) is 2.77. The Morgan fingerprint density at radius 3 is 2.74 bits per heavy atom. The van der Waals surface area contributed by atoms with Crippen LogP contribution in [-0.4, -0.2) is 41.4 Å². The highest BCUT2D eigenvalue weighted by molar-refractivity contribution is 6.12. The molecule has 136 valence electrons. The molecular weight excluding hydrogens is 342 g/mol. The molecule has 1 aromatic carbocycles. The summed E-state index contributed by atoms with van der Waals surface area (Å²) in [6.45, 7) is 0. The van der Waals surface area contributed by atoms with Crippen LogP contribution in [-0.2, 0) is 4.79 Å². The van der Waals surface area contributed by atoms with Gasteiger partial charge in [0.15, 0.2) is 5.78 Å². The summed E-state index contributed by atoms with van der Waals surface area (Å²) in [4.78, 5) is 25.8. The van der Waals surface area contributed by atoms with Gasteiger partial charge >= 0.3 is 0 Å². The predicted molar refractivity (Wildman–Crippen MR) is 102 cm³/mol. The van der Waals surface area contributed by atoms with Crippen molar-refractivity contribution in [2.75, 3.05) is 14.1 Å². The minimum Gasteiger partial charge on any atom is -0.465 e. The van der Waals surface area contributed by atoms with Gasteiger partial charge in [-0.05, 0) is 42.5 Å². The lowest BCUT2D eigenvalue weighted by atomic mass is 9.92. The Bertz CT molecular complexity index is 987. The maximum Gasteiger partial charge on any atom is 0.254 e. The highest BCUT2D eigenvalue weighted by Crippen LogP contribution is 2.31. The molecule has 0 fully saturated rings. The van der Waals surface area contributed by atoms with E-state index in [-0.39, 0.29) is 23.7 Å². The molecule has 5 heteroatoms. The maximum absolute atomic E-state index is 12.3. The van der Waals surface area contributed by atoms with Crippen LogP contribution in [0, 0.1) is 11.8 Å². The number of benzene rings is 1. The Morgan fingerprint density at radius 1 is 1.26 bits per heavy atom. The molecule has 2 aromatic rings. The first kappa shape index (κ1) is 18.4. The van der Waals surface area contributed by atoms with Gasteiger partial charge in [-0.3, -0.25) is 9.59 Å². The number of ketones is 1. The Labute approximate surface area is 157 Å². The van der Waals surface area contributed by atoms with Gasteiger partial charge in [-0.1, -0.05) is 24.0 Å². The lowest BCUT2D eigenvalue weighted by Gasteiger charge is -2.19. The van der Waals surface area contributed by atoms with Crippen molar-refractivity contribution in [2.24, 2.45) is 0 Å². The van der Waals surface area contributed by atoms with E-state index in [4.69, 9.17) is 4.42 Å². The lowest BCUT2D eigenvalue weighted by molar-refractivity contribution is -0.111. The predicted octanol–water partition coefficient (Wildman–Crippen LogP) is 2.68. The Morgan fingerprint density at radius 2 is 2.04 bits per heavy atom. The van der Waals surface area contributed by atoms with E-state index in [0.29, 0.717) is 16.9 Å². The number of carbonyl (C=O) groups excluding carboxylic acids is 2. The van der Waals surface area contributed by atoms with Gasteiger partial charge < -0.3 is 14.4 Å². The molecule has 0 saturated heterocycles. The average molecular weight is 361 g/mol. The summed E-state index contributed by atoms with van der Waals surface area (Å²) >= 11 is 0. The van der Waals surface area contributed by atoms with Crippen LogP contribution in [0.2, 0.25) is 0 Å². The first-order valence-electron chi connectivity index (χ1n) is 8.42. The van der Waals surface area contributed by atoms with Crippen LogP contribution in [0.4, 0.5) is 0 Å². The van der Waals surface area contributed by atoms with E-state index < -0.39 is 5.60 Å². The van der Waals surface area contributed by atoms with E-state index >= 15 is 0 Å². The SMILES string of the molecule is CN(C)C(=O)c1ccccc1C#CCC1(O)C=CC(=O)/C1=C/c1ccco1. The number of rotatable bonds is 3. The number of hydrogen-bond donors (Lipinski definition) is 1. The maximum atomic E-state index is 12.3. The lowest BCUT2D eigenvalue weighted by Crippen LogP contribution is -2.27. The third-order valence-corrected chi connectivity index (χ3v) is 4.22. The Kier molecular flexibility index (Phi) is 5.11. The Hall–Kier alpha value is -3.36. The summed E-state index contributed by atoms with van der Waals surface area (Å²) in [5.41, 5.74) is -0.211. The number of amides is 1. The second-order valence-corrected chi connectivity index (χ2v) is 6.42. The van der Waals surface area contributed by atoms with Gasteiger partial charge in [0, 0.05) is 31.7 Å². The first-order valence-corrected chi connectivity index (χ1v) is 8.42. The number of aliphatic hydroxyl groups is 1. The van der Waals surface area contributed by atoms with Gasteiger partial charge in [-0.2, -0.15) is 0 Å². The largest absolute Gasteiger partial charge is 0.465 e. The highest BCUT2D eigenvalue weighted by atomic mass is 16.3. The molecule has 0 saturated carbocycles. The van der Waals surface area contributed by atoms with Gasteiger partial charge in [0.25, 0.3) is 5.91 Å². The van der Waals surface area contributed by atoms with E-state index in [2.05, 4.69) is 11.8 Å². The van der Waals surface area contributed by atoms with Crippen LogP contribution in [0.25, 0.3) is 6.08 Å². The fraction of sp³-hybridized carbons (Fsp3) is 0.182. The van der Waals surface area contributed by atoms with Crippen LogP contribution >= 0.6 is 0 Å². The van der Waals surface area contributed by atoms with E-state index in [1.54, 1.807) is 50.5 Å². The summed E-state index contributed by atoms with van der Waals surface area (Å²) in [5.74, 6) is 5.90. The molecule has 1 heterocycles. The molecule has 1 aromatic heterocycles. The van der Waals surface area contributed by atoms with E-state index in [1.165, 1.54) is 29.4 Å². The number of furan rings is 1. The van der Waals surface area contributed by atoms with Crippen molar-refractivity contribution < 1.29 is 19.1 Å². The second-order valence-electron chi connectivity index (χ2n) is 6.42. The summed E-state index contributed by atoms with van der Waals surface area (Å²) < 4.78 is 5.23. The smallest absolute Gasteiger partial charge is 0.254 e. The van der Waals surface area contributed by atoms with Crippen molar-refractivity contribution in [3.8, 4) is 11.8 Å². The summed E-state index contributed by atoms with van der Waals surface area (Å²) in [6, 6.07) is 10.4.